The predicted octanol–water partition coefficient (Wildman–Crippen LogP) is 0.951. The van der Waals surface area contributed by atoms with Crippen LogP contribution in [0.1, 0.15) is 13.8 Å². The van der Waals surface area contributed by atoms with Crippen LogP contribution in [-0.4, -0.2) is 11.2 Å². The Balaban J connectivity index is 3.33. The summed E-state index contributed by atoms with van der Waals surface area (Å²) in [6.07, 6.45) is 1.89. The minimum Gasteiger partial charge on any atom is -0.388 e. The molecule has 1 heteroatoms. The summed E-state index contributed by atoms with van der Waals surface area (Å²) in [7, 11) is 0. The fourth-order valence-electron chi connectivity index (χ4n) is 0.204. The summed E-state index contributed by atoms with van der Waals surface area (Å²) in [5.41, 5.74) is 0. The van der Waals surface area contributed by atoms with Crippen LogP contribution in [0.3, 0.4) is 0 Å². The quantitative estimate of drug-likeness (QED) is 0.545. The minimum absolute atomic E-state index is 0.542. The first-order valence-corrected chi connectivity index (χ1v) is 2.19. The molecule has 1 nitrogen and oxygen atoms in total. The normalized spacial score (nSPS) is 14.3. The second kappa shape index (κ2) is 2.80. The van der Waals surface area contributed by atoms with E-state index < -0.39 is 6.10 Å². The van der Waals surface area contributed by atoms with Gasteiger partial charge in [-0.2, -0.15) is 0 Å². The first-order chi connectivity index (χ1) is 3.18. The van der Waals surface area contributed by atoms with Crippen LogP contribution < -0.4 is 0 Å². The molecular formula is C6H10O. The standard InChI is InChI=1S/C6H10O/c1-4-6(7)5(2)3/h6-7H,1H2,2-3H3. The van der Waals surface area contributed by atoms with E-state index in [-0.39, 0.29) is 0 Å². The van der Waals surface area contributed by atoms with E-state index in [0.29, 0.717) is 0 Å². The van der Waals surface area contributed by atoms with E-state index in [1.54, 1.807) is 0 Å². The summed E-state index contributed by atoms with van der Waals surface area (Å²) in [4.78, 5) is 0. The van der Waals surface area contributed by atoms with E-state index in [1.165, 1.54) is 0 Å². The van der Waals surface area contributed by atoms with Crippen molar-refractivity contribution in [2.75, 3.05) is 0 Å². The predicted molar refractivity (Wildman–Crippen MR) is 29.5 cm³/mol. The third kappa shape index (κ3) is 2.40. The smallest absolute Gasteiger partial charge is 0.0844 e. The van der Waals surface area contributed by atoms with Crippen LogP contribution in [0.25, 0.3) is 0 Å². The first-order valence-electron chi connectivity index (χ1n) is 2.19. The Kier molecular flexibility index (Phi) is 2.68. The van der Waals surface area contributed by atoms with Crippen LogP contribution in [0.2, 0.25) is 0 Å². The summed E-state index contributed by atoms with van der Waals surface area (Å²) < 4.78 is 0. The topological polar surface area (TPSA) is 20.2 Å². The van der Waals surface area contributed by atoms with Gasteiger partial charge in [-0.3, -0.25) is 0 Å². The van der Waals surface area contributed by atoms with Crippen LogP contribution in [0.5, 0.6) is 0 Å². The molecule has 1 N–H and O–H groups in total. The Morgan fingerprint density at radius 2 is 2.14 bits per heavy atom. The molecule has 0 spiro atoms. The molecule has 0 aromatic rings. The molecular weight excluding hydrogens is 88.1 g/mol. The highest BCUT2D eigenvalue weighted by molar-refractivity contribution is 4.92. The van der Waals surface area contributed by atoms with Gasteiger partial charge in [0.2, 0.25) is 0 Å². The van der Waals surface area contributed by atoms with Crippen molar-refractivity contribution in [1.82, 2.24) is 0 Å². The van der Waals surface area contributed by atoms with Crippen LogP contribution in [-0.2, 0) is 0 Å². The Hall–Kier alpha value is -0.300. The highest BCUT2D eigenvalue weighted by Gasteiger charge is 2.02. The molecule has 1 atom stereocenters. The molecule has 0 aliphatic carbocycles. The average molecular weight is 98.1 g/mol. The summed E-state index contributed by atoms with van der Waals surface area (Å²) in [5, 5.41) is 8.72. The third-order valence-electron chi connectivity index (χ3n) is 0.740. The maximum Gasteiger partial charge on any atom is 0.0844 e. The van der Waals surface area contributed by atoms with E-state index in [4.69, 9.17) is 5.11 Å². The largest absolute Gasteiger partial charge is 0.388 e. The van der Waals surface area contributed by atoms with E-state index in [1.807, 2.05) is 13.8 Å². The Morgan fingerprint density at radius 3 is 2.14 bits per heavy atom. The monoisotopic (exact) mass is 98.1 g/mol. The van der Waals surface area contributed by atoms with Gasteiger partial charge in [-0.15, -0.1) is 0 Å². The number of aliphatic hydroxyl groups is 1. The molecule has 0 fully saturated rings. The first kappa shape index (κ1) is 6.70. The van der Waals surface area contributed by atoms with Crippen LogP contribution in [0.4, 0.5) is 0 Å². The van der Waals surface area contributed by atoms with Crippen LogP contribution >= 0.6 is 0 Å². The van der Waals surface area contributed by atoms with Gasteiger partial charge in [-0.25, -0.2) is 0 Å². The lowest BCUT2D eigenvalue weighted by atomic mass is 10.1. The number of aliphatic hydroxyl groups excluding tert-OH is 1. The molecule has 0 aromatic heterocycles. The number of hydrogen-bond donors (Lipinski definition) is 1. The van der Waals surface area contributed by atoms with Gasteiger partial charge in [0.1, 0.15) is 0 Å². The van der Waals surface area contributed by atoms with Crippen molar-refractivity contribution in [3.63, 3.8) is 0 Å². The molecule has 0 bridgehead atoms. The van der Waals surface area contributed by atoms with Gasteiger partial charge in [-0.05, 0) is 6.08 Å². The Morgan fingerprint density at radius 1 is 1.71 bits per heavy atom. The Labute approximate surface area is 44.7 Å². The van der Waals surface area contributed by atoms with Gasteiger partial charge in [0.15, 0.2) is 0 Å². The molecule has 0 aliphatic rings. The molecule has 0 heterocycles. The maximum absolute atomic E-state index is 8.72. The number of hydrogen-bond acceptors (Lipinski definition) is 1. The van der Waals surface area contributed by atoms with Crippen LogP contribution in [0, 0.1) is 12.0 Å². The maximum atomic E-state index is 8.72. The molecule has 0 aromatic carbocycles. The summed E-state index contributed by atoms with van der Waals surface area (Å²) in [5.74, 6) is 0.926. The minimum atomic E-state index is -0.542. The van der Waals surface area contributed by atoms with Crippen molar-refractivity contribution in [1.29, 1.82) is 0 Å². The molecule has 7 heavy (non-hydrogen) atoms. The van der Waals surface area contributed by atoms with Gasteiger partial charge in [0.05, 0.1) is 6.10 Å². The summed E-state index contributed by atoms with van der Waals surface area (Å²) >= 11 is 0. The van der Waals surface area contributed by atoms with Gasteiger partial charge in [0.25, 0.3) is 0 Å². The van der Waals surface area contributed by atoms with Crippen molar-refractivity contribution in [3.05, 3.63) is 18.6 Å². The van der Waals surface area contributed by atoms with Crippen LogP contribution in [0.15, 0.2) is 6.58 Å². The second-order valence-corrected chi connectivity index (χ2v) is 1.68. The molecule has 0 saturated carbocycles. The van der Waals surface area contributed by atoms with E-state index in [9.17, 15) is 0 Å². The fraction of sp³-hybridized carbons (Fsp3) is 0.500. The SMILES string of the molecule is C=[C]C(O)[C](C)C. The van der Waals surface area contributed by atoms with E-state index >= 15 is 0 Å². The molecule has 0 rings (SSSR count). The zero-order valence-electron chi connectivity index (χ0n) is 4.73. The highest BCUT2D eigenvalue weighted by atomic mass is 16.3. The molecule has 0 saturated heterocycles. The molecule has 0 amide bonds. The van der Waals surface area contributed by atoms with Crippen molar-refractivity contribution in [3.8, 4) is 0 Å². The zero-order chi connectivity index (χ0) is 5.86. The lowest BCUT2D eigenvalue weighted by molar-refractivity contribution is 0.230. The summed E-state index contributed by atoms with van der Waals surface area (Å²) in [6, 6.07) is 0. The molecule has 2 radical (unpaired) electrons. The molecule has 1 unspecified atom stereocenters. The van der Waals surface area contributed by atoms with Gasteiger partial charge >= 0.3 is 0 Å². The second-order valence-electron chi connectivity index (χ2n) is 1.68. The van der Waals surface area contributed by atoms with Crippen molar-refractivity contribution in [2.24, 2.45) is 0 Å². The van der Waals surface area contributed by atoms with Gasteiger partial charge in [-0.1, -0.05) is 20.4 Å². The van der Waals surface area contributed by atoms with Crippen molar-refractivity contribution < 1.29 is 5.11 Å². The van der Waals surface area contributed by atoms with E-state index in [0.717, 1.165) is 5.92 Å². The third-order valence-corrected chi connectivity index (χ3v) is 0.740. The molecule has 40 valence electrons. The average Bonchev–Trinajstić information content (AvgIpc) is 1.65. The highest BCUT2D eigenvalue weighted by Crippen LogP contribution is 2.01. The van der Waals surface area contributed by atoms with Gasteiger partial charge < -0.3 is 5.11 Å². The van der Waals surface area contributed by atoms with E-state index in [2.05, 4.69) is 12.7 Å². The van der Waals surface area contributed by atoms with Crippen molar-refractivity contribution >= 4 is 0 Å². The lowest BCUT2D eigenvalue weighted by Gasteiger charge is -2.04. The molecule has 0 aliphatic heterocycles. The number of rotatable bonds is 2. The Bertz CT molecular complexity index is 57.2. The zero-order valence-corrected chi connectivity index (χ0v) is 4.73. The fourth-order valence-corrected chi connectivity index (χ4v) is 0.204. The van der Waals surface area contributed by atoms with Gasteiger partial charge in [0, 0.05) is 5.92 Å². The van der Waals surface area contributed by atoms with Crippen molar-refractivity contribution in [2.45, 2.75) is 20.0 Å². The lowest BCUT2D eigenvalue weighted by Crippen LogP contribution is -2.08. The summed E-state index contributed by atoms with van der Waals surface area (Å²) in [6.45, 7) is 6.96.